The summed E-state index contributed by atoms with van der Waals surface area (Å²) in [4.78, 5) is 7.96. The van der Waals surface area contributed by atoms with Crippen LogP contribution in [0.4, 0.5) is 8.78 Å². The molecule has 2 aromatic heterocycles. The van der Waals surface area contributed by atoms with Gasteiger partial charge in [0.05, 0.1) is 13.1 Å². The standard InChI is InChI=1S/C15H16F2N6O/c1-11-19-10-23(21-11)7-15(24-2,6-22-9-18-8-20-22)13-4-3-12(16)5-14(13)17/h3-5,8-10H,6-7H2,1-2H3. The number of benzene rings is 1. The molecule has 7 nitrogen and oxygen atoms in total. The van der Waals surface area contributed by atoms with Crippen LogP contribution in [0, 0.1) is 18.6 Å². The molecule has 1 atom stereocenters. The summed E-state index contributed by atoms with van der Waals surface area (Å²) in [5.74, 6) is -0.771. The monoisotopic (exact) mass is 334 g/mol. The molecule has 0 aliphatic heterocycles. The Balaban J connectivity index is 2.06. The van der Waals surface area contributed by atoms with Gasteiger partial charge in [-0.3, -0.25) is 0 Å². The van der Waals surface area contributed by atoms with Crippen molar-refractivity contribution in [1.82, 2.24) is 29.5 Å². The molecule has 1 unspecified atom stereocenters. The van der Waals surface area contributed by atoms with E-state index in [0.717, 1.165) is 6.07 Å². The van der Waals surface area contributed by atoms with Crippen LogP contribution in [0.5, 0.6) is 0 Å². The number of halogens is 2. The first-order chi connectivity index (χ1) is 11.5. The van der Waals surface area contributed by atoms with Crippen molar-refractivity contribution >= 4 is 0 Å². The molecule has 3 rings (SSSR count). The molecule has 0 aliphatic carbocycles. The van der Waals surface area contributed by atoms with Crippen molar-refractivity contribution in [2.75, 3.05) is 7.11 Å². The Hall–Kier alpha value is -2.68. The van der Waals surface area contributed by atoms with Gasteiger partial charge in [0.15, 0.2) is 0 Å². The molecule has 2 heterocycles. The smallest absolute Gasteiger partial charge is 0.147 e. The Bertz CT molecular complexity index is 819. The molecule has 3 aromatic rings. The lowest BCUT2D eigenvalue weighted by molar-refractivity contribution is -0.0512. The van der Waals surface area contributed by atoms with Crippen LogP contribution in [0.1, 0.15) is 11.4 Å². The van der Waals surface area contributed by atoms with E-state index in [-0.39, 0.29) is 18.7 Å². The maximum atomic E-state index is 14.5. The maximum Gasteiger partial charge on any atom is 0.147 e. The van der Waals surface area contributed by atoms with Gasteiger partial charge in [0.1, 0.15) is 42.0 Å². The second-order valence-electron chi connectivity index (χ2n) is 5.41. The molecule has 1 aromatic carbocycles. The van der Waals surface area contributed by atoms with Crippen LogP contribution in [0.25, 0.3) is 0 Å². The van der Waals surface area contributed by atoms with E-state index in [9.17, 15) is 8.78 Å². The van der Waals surface area contributed by atoms with E-state index in [1.54, 1.807) is 11.6 Å². The van der Waals surface area contributed by atoms with E-state index in [2.05, 4.69) is 20.2 Å². The van der Waals surface area contributed by atoms with E-state index in [1.807, 2.05) is 0 Å². The summed E-state index contributed by atoms with van der Waals surface area (Å²) < 4.78 is 36.5. The number of hydrogen-bond acceptors (Lipinski definition) is 5. The Morgan fingerprint density at radius 2 is 1.96 bits per heavy atom. The minimum atomic E-state index is -1.16. The topological polar surface area (TPSA) is 70.7 Å². The number of rotatable bonds is 6. The van der Waals surface area contributed by atoms with Crippen LogP contribution in [0.15, 0.2) is 37.2 Å². The first-order valence-electron chi connectivity index (χ1n) is 7.21. The molecule has 126 valence electrons. The lowest BCUT2D eigenvalue weighted by Crippen LogP contribution is -2.39. The molecule has 9 heteroatoms. The van der Waals surface area contributed by atoms with Crippen molar-refractivity contribution in [2.45, 2.75) is 25.6 Å². The largest absolute Gasteiger partial charge is 0.370 e. The van der Waals surface area contributed by atoms with Gasteiger partial charge in [0.25, 0.3) is 0 Å². The van der Waals surface area contributed by atoms with E-state index in [1.165, 1.54) is 42.9 Å². The molecule has 0 fully saturated rings. The lowest BCUT2D eigenvalue weighted by Gasteiger charge is -2.32. The Kier molecular flexibility index (Phi) is 4.34. The molecule has 0 bridgehead atoms. The van der Waals surface area contributed by atoms with Crippen molar-refractivity contribution < 1.29 is 13.5 Å². The average Bonchev–Trinajstić information content (AvgIpc) is 3.18. The van der Waals surface area contributed by atoms with Gasteiger partial charge in [-0.05, 0) is 13.0 Å². The van der Waals surface area contributed by atoms with E-state index >= 15 is 0 Å². The highest BCUT2D eigenvalue weighted by molar-refractivity contribution is 5.25. The first kappa shape index (κ1) is 16.2. The summed E-state index contributed by atoms with van der Waals surface area (Å²) in [6, 6.07) is 3.39. The first-order valence-corrected chi connectivity index (χ1v) is 7.21. The predicted molar refractivity (Wildman–Crippen MR) is 79.8 cm³/mol. The zero-order valence-corrected chi connectivity index (χ0v) is 13.2. The van der Waals surface area contributed by atoms with Crippen molar-refractivity contribution in [2.24, 2.45) is 0 Å². The summed E-state index contributed by atoms with van der Waals surface area (Å²) in [6.45, 7) is 2.10. The molecule has 0 N–H and O–H groups in total. The number of methoxy groups -OCH3 is 1. The molecule has 0 radical (unpaired) electrons. The third-order valence-electron chi connectivity index (χ3n) is 3.77. The number of hydrogen-bond donors (Lipinski definition) is 0. The van der Waals surface area contributed by atoms with E-state index in [0.29, 0.717) is 5.82 Å². The normalized spacial score (nSPS) is 13.8. The van der Waals surface area contributed by atoms with Crippen molar-refractivity contribution in [3.63, 3.8) is 0 Å². The zero-order valence-electron chi connectivity index (χ0n) is 13.2. The highest BCUT2D eigenvalue weighted by Crippen LogP contribution is 2.31. The van der Waals surface area contributed by atoms with Gasteiger partial charge in [0.2, 0.25) is 0 Å². The number of nitrogens with zero attached hydrogens (tertiary/aromatic N) is 6. The summed E-state index contributed by atoms with van der Waals surface area (Å²) in [5, 5.41) is 8.28. The minimum Gasteiger partial charge on any atom is -0.370 e. The Labute approximate surface area is 136 Å². The summed E-state index contributed by atoms with van der Waals surface area (Å²) in [7, 11) is 1.46. The molecular formula is C15H16F2N6O. The van der Waals surface area contributed by atoms with Crippen LogP contribution >= 0.6 is 0 Å². The quantitative estimate of drug-likeness (QED) is 0.686. The van der Waals surface area contributed by atoms with Crippen LogP contribution < -0.4 is 0 Å². The molecule has 0 aliphatic rings. The van der Waals surface area contributed by atoms with Crippen molar-refractivity contribution in [3.05, 3.63) is 60.2 Å². The predicted octanol–water partition coefficient (Wildman–Crippen LogP) is 1.70. The van der Waals surface area contributed by atoms with Crippen molar-refractivity contribution in [3.8, 4) is 0 Å². The molecular weight excluding hydrogens is 318 g/mol. The van der Waals surface area contributed by atoms with E-state index < -0.39 is 17.2 Å². The van der Waals surface area contributed by atoms with Gasteiger partial charge < -0.3 is 4.74 Å². The maximum absolute atomic E-state index is 14.5. The molecule has 0 saturated heterocycles. The Morgan fingerprint density at radius 3 is 2.54 bits per heavy atom. The van der Waals surface area contributed by atoms with E-state index in [4.69, 9.17) is 4.74 Å². The van der Waals surface area contributed by atoms with Crippen LogP contribution in [-0.2, 0) is 23.4 Å². The van der Waals surface area contributed by atoms with Gasteiger partial charge in [-0.1, -0.05) is 6.07 Å². The number of aromatic nitrogens is 6. The second kappa shape index (κ2) is 6.44. The third-order valence-corrected chi connectivity index (χ3v) is 3.77. The lowest BCUT2D eigenvalue weighted by atomic mass is 9.92. The number of ether oxygens (including phenoxy) is 1. The average molecular weight is 334 g/mol. The van der Waals surface area contributed by atoms with Crippen LogP contribution in [0.2, 0.25) is 0 Å². The van der Waals surface area contributed by atoms with Gasteiger partial charge >= 0.3 is 0 Å². The second-order valence-corrected chi connectivity index (χ2v) is 5.41. The fourth-order valence-electron chi connectivity index (χ4n) is 2.62. The summed E-state index contributed by atoms with van der Waals surface area (Å²) in [5.41, 5.74) is -0.957. The third kappa shape index (κ3) is 3.16. The van der Waals surface area contributed by atoms with Gasteiger partial charge in [-0.2, -0.15) is 10.2 Å². The van der Waals surface area contributed by atoms with Gasteiger partial charge in [-0.15, -0.1) is 0 Å². The minimum absolute atomic E-state index is 0.172. The zero-order chi connectivity index (χ0) is 17.2. The molecule has 0 amide bonds. The molecule has 0 saturated carbocycles. The van der Waals surface area contributed by atoms with Crippen molar-refractivity contribution in [1.29, 1.82) is 0 Å². The molecule has 0 spiro atoms. The highest BCUT2D eigenvalue weighted by atomic mass is 19.1. The van der Waals surface area contributed by atoms with Crippen LogP contribution in [0.3, 0.4) is 0 Å². The summed E-state index contributed by atoms with van der Waals surface area (Å²) >= 11 is 0. The summed E-state index contributed by atoms with van der Waals surface area (Å²) in [6.07, 6.45) is 4.41. The molecule has 24 heavy (non-hydrogen) atoms. The Morgan fingerprint density at radius 1 is 1.17 bits per heavy atom. The van der Waals surface area contributed by atoms with Gasteiger partial charge in [-0.25, -0.2) is 28.1 Å². The fraction of sp³-hybridized carbons (Fsp3) is 0.333. The van der Waals surface area contributed by atoms with Gasteiger partial charge in [0, 0.05) is 18.7 Å². The number of aryl methyl sites for hydroxylation is 1. The fourth-order valence-corrected chi connectivity index (χ4v) is 2.62. The SMILES string of the molecule is COC(Cn1cncn1)(Cn1cnc(C)n1)c1ccc(F)cc1F. The van der Waals surface area contributed by atoms with Crippen LogP contribution in [-0.4, -0.2) is 36.6 Å². The highest BCUT2D eigenvalue weighted by Gasteiger charge is 2.37.